The summed E-state index contributed by atoms with van der Waals surface area (Å²) < 4.78 is 5.38. The lowest BCUT2D eigenvalue weighted by Gasteiger charge is -2.28. The number of thiophene rings is 1. The van der Waals surface area contributed by atoms with Crippen LogP contribution in [0.25, 0.3) is 0 Å². The largest absolute Gasteiger partial charge is 0.387 e. The maximum absolute atomic E-state index is 10.0. The molecule has 1 aliphatic rings. The van der Waals surface area contributed by atoms with Crippen molar-refractivity contribution in [3.05, 3.63) is 52.2 Å². The SMILES string of the molecule is OC(CNCc1ccc(N2CCOCC2)cc1)c1ccsc1. The Morgan fingerprint density at radius 2 is 1.95 bits per heavy atom. The number of rotatable bonds is 6. The first-order chi connectivity index (χ1) is 10.8. The number of nitrogens with zero attached hydrogens (tertiary/aromatic N) is 1. The van der Waals surface area contributed by atoms with Gasteiger partial charge in [-0.25, -0.2) is 0 Å². The fourth-order valence-corrected chi connectivity index (χ4v) is 3.29. The standard InChI is InChI=1S/C17H22N2O2S/c20-17(15-5-10-22-13-15)12-18-11-14-1-3-16(4-2-14)19-6-8-21-9-7-19/h1-5,10,13,17-18,20H,6-9,11-12H2. The lowest BCUT2D eigenvalue weighted by atomic mass is 10.1. The van der Waals surface area contributed by atoms with Crippen LogP contribution in [0.2, 0.25) is 0 Å². The van der Waals surface area contributed by atoms with Crippen LogP contribution in [0.4, 0.5) is 5.69 Å². The van der Waals surface area contributed by atoms with E-state index in [4.69, 9.17) is 4.74 Å². The molecule has 0 saturated carbocycles. The van der Waals surface area contributed by atoms with Crippen molar-refractivity contribution in [1.29, 1.82) is 0 Å². The minimum absolute atomic E-state index is 0.432. The van der Waals surface area contributed by atoms with E-state index >= 15 is 0 Å². The molecule has 118 valence electrons. The molecule has 4 nitrogen and oxygen atoms in total. The number of anilines is 1. The van der Waals surface area contributed by atoms with E-state index in [1.165, 1.54) is 11.3 Å². The first-order valence-electron chi connectivity index (χ1n) is 7.65. The zero-order valence-corrected chi connectivity index (χ0v) is 13.4. The molecule has 0 spiro atoms. The third kappa shape index (κ3) is 4.08. The second-order valence-electron chi connectivity index (χ2n) is 5.47. The van der Waals surface area contributed by atoms with Gasteiger partial charge in [0.25, 0.3) is 0 Å². The molecule has 0 aliphatic carbocycles. The van der Waals surface area contributed by atoms with Crippen molar-refractivity contribution in [3.63, 3.8) is 0 Å². The fraction of sp³-hybridized carbons (Fsp3) is 0.412. The molecular weight excluding hydrogens is 296 g/mol. The van der Waals surface area contributed by atoms with Gasteiger partial charge in [-0.2, -0.15) is 11.3 Å². The zero-order chi connectivity index (χ0) is 15.2. The summed E-state index contributed by atoms with van der Waals surface area (Å²) >= 11 is 1.61. The molecule has 0 radical (unpaired) electrons. The Morgan fingerprint density at radius 3 is 2.64 bits per heavy atom. The Morgan fingerprint density at radius 1 is 1.18 bits per heavy atom. The Hall–Kier alpha value is -1.40. The van der Waals surface area contributed by atoms with Gasteiger partial charge >= 0.3 is 0 Å². The van der Waals surface area contributed by atoms with Crippen LogP contribution < -0.4 is 10.2 Å². The van der Waals surface area contributed by atoms with Crippen LogP contribution in [0.1, 0.15) is 17.2 Å². The molecule has 2 heterocycles. The minimum atomic E-state index is -0.432. The van der Waals surface area contributed by atoms with Gasteiger partial charge < -0.3 is 20.1 Å². The second-order valence-corrected chi connectivity index (χ2v) is 6.25. The summed E-state index contributed by atoms with van der Waals surface area (Å²) in [5.41, 5.74) is 3.47. The summed E-state index contributed by atoms with van der Waals surface area (Å²) in [6.07, 6.45) is -0.432. The molecule has 22 heavy (non-hydrogen) atoms. The van der Waals surface area contributed by atoms with E-state index in [0.717, 1.165) is 38.4 Å². The first-order valence-corrected chi connectivity index (χ1v) is 8.60. The van der Waals surface area contributed by atoms with Crippen LogP contribution in [0.3, 0.4) is 0 Å². The predicted molar refractivity (Wildman–Crippen MR) is 90.5 cm³/mol. The normalized spacial score (nSPS) is 16.7. The molecule has 1 aromatic heterocycles. The summed E-state index contributed by atoms with van der Waals surface area (Å²) in [5.74, 6) is 0. The first kappa shape index (κ1) is 15.5. The van der Waals surface area contributed by atoms with Crippen molar-refractivity contribution in [2.75, 3.05) is 37.7 Å². The number of aliphatic hydroxyl groups excluding tert-OH is 1. The molecular formula is C17H22N2O2S. The van der Waals surface area contributed by atoms with Gasteiger partial charge in [-0.05, 0) is 40.1 Å². The van der Waals surface area contributed by atoms with Crippen molar-refractivity contribution in [3.8, 4) is 0 Å². The van der Waals surface area contributed by atoms with E-state index in [2.05, 4.69) is 34.5 Å². The minimum Gasteiger partial charge on any atom is -0.387 e. The summed E-state index contributed by atoms with van der Waals surface area (Å²) in [6, 6.07) is 10.6. The van der Waals surface area contributed by atoms with E-state index in [9.17, 15) is 5.11 Å². The van der Waals surface area contributed by atoms with Crippen LogP contribution in [-0.4, -0.2) is 38.0 Å². The summed E-state index contributed by atoms with van der Waals surface area (Å²) in [7, 11) is 0. The van der Waals surface area contributed by atoms with Gasteiger partial charge in [0.15, 0.2) is 0 Å². The van der Waals surface area contributed by atoms with Crippen LogP contribution in [0.15, 0.2) is 41.1 Å². The third-order valence-corrected chi connectivity index (χ3v) is 4.61. The maximum atomic E-state index is 10.0. The quantitative estimate of drug-likeness (QED) is 0.858. The molecule has 0 amide bonds. The molecule has 2 N–H and O–H groups in total. The van der Waals surface area contributed by atoms with Gasteiger partial charge in [0, 0.05) is 31.9 Å². The predicted octanol–water partition coefficient (Wildman–Crippen LogP) is 2.41. The Balaban J connectivity index is 1.46. The van der Waals surface area contributed by atoms with Crippen molar-refractivity contribution >= 4 is 17.0 Å². The lowest BCUT2D eigenvalue weighted by Crippen LogP contribution is -2.36. The molecule has 5 heteroatoms. The smallest absolute Gasteiger partial charge is 0.0922 e. The van der Waals surface area contributed by atoms with Crippen LogP contribution in [0.5, 0.6) is 0 Å². The Labute approximate surface area is 135 Å². The topological polar surface area (TPSA) is 44.7 Å². The average molecular weight is 318 g/mol. The number of hydrogen-bond acceptors (Lipinski definition) is 5. The molecule has 1 saturated heterocycles. The molecule has 3 rings (SSSR count). The monoisotopic (exact) mass is 318 g/mol. The Bertz CT molecular complexity index is 551. The number of nitrogens with one attached hydrogen (secondary N) is 1. The highest BCUT2D eigenvalue weighted by Gasteiger charge is 2.11. The fourth-order valence-electron chi connectivity index (χ4n) is 2.58. The zero-order valence-electron chi connectivity index (χ0n) is 12.6. The van der Waals surface area contributed by atoms with Crippen LogP contribution >= 0.6 is 11.3 Å². The molecule has 1 atom stereocenters. The number of morpholine rings is 1. The van der Waals surface area contributed by atoms with Crippen molar-refractivity contribution in [2.24, 2.45) is 0 Å². The lowest BCUT2D eigenvalue weighted by molar-refractivity contribution is 0.122. The molecule has 1 unspecified atom stereocenters. The molecule has 2 aromatic rings. The van der Waals surface area contributed by atoms with Gasteiger partial charge in [0.2, 0.25) is 0 Å². The molecule has 0 bridgehead atoms. The van der Waals surface area contributed by atoms with Gasteiger partial charge in [-0.3, -0.25) is 0 Å². The summed E-state index contributed by atoms with van der Waals surface area (Å²) in [6.45, 7) is 4.88. The highest BCUT2D eigenvalue weighted by atomic mass is 32.1. The summed E-state index contributed by atoms with van der Waals surface area (Å²) in [5, 5.41) is 17.3. The van der Waals surface area contributed by atoms with Crippen LogP contribution in [0, 0.1) is 0 Å². The summed E-state index contributed by atoms with van der Waals surface area (Å²) in [4.78, 5) is 2.35. The van der Waals surface area contributed by atoms with Crippen molar-refractivity contribution in [1.82, 2.24) is 5.32 Å². The molecule has 1 fully saturated rings. The van der Waals surface area contributed by atoms with E-state index in [0.29, 0.717) is 6.54 Å². The van der Waals surface area contributed by atoms with Gasteiger partial charge in [-0.15, -0.1) is 0 Å². The number of hydrogen-bond donors (Lipinski definition) is 2. The third-order valence-electron chi connectivity index (χ3n) is 3.91. The number of ether oxygens (including phenoxy) is 1. The van der Waals surface area contributed by atoms with Gasteiger partial charge in [0.05, 0.1) is 19.3 Å². The highest BCUT2D eigenvalue weighted by molar-refractivity contribution is 7.07. The van der Waals surface area contributed by atoms with E-state index in [-0.39, 0.29) is 0 Å². The van der Waals surface area contributed by atoms with Crippen LogP contribution in [-0.2, 0) is 11.3 Å². The average Bonchev–Trinajstić information content (AvgIpc) is 3.11. The molecule has 1 aromatic carbocycles. The van der Waals surface area contributed by atoms with Gasteiger partial charge in [0.1, 0.15) is 0 Å². The van der Waals surface area contributed by atoms with E-state index < -0.39 is 6.10 Å². The van der Waals surface area contributed by atoms with Crippen molar-refractivity contribution in [2.45, 2.75) is 12.6 Å². The Kier molecular flexibility index (Phi) is 5.45. The molecule has 1 aliphatic heterocycles. The maximum Gasteiger partial charge on any atom is 0.0922 e. The van der Waals surface area contributed by atoms with E-state index in [1.54, 1.807) is 11.3 Å². The van der Waals surface area contributed by atoms with Crippen molar-refractivity contribution < 1.29 is 9.84 Å². The van der Waals surface area contributed by atoms with Gasteiger partial charge in [-0.1, -0.05) is 12.1 Å². The van der Waals surface area contributed by atoms with E-state index in [1.807, 2.05) is 16.8 Å². The number of aliphatic hydroxyl groups is 1. The highest BCUT2D eigenvalue weighted by Crippen LogP contribution is 2.17. The number of benzene rings is 1. The second kappa shape index (κ2) is 7.74.